The quantitative estimate of drug-likeness (QED) is 0.655. The predicted molar refractivity (Wildman–Crippen MR) is 51.5 cm³/mol. The van der Waals surface area contributed by atoms with Crippen LogP contribution in [-0.4, -0.2) is 5.54 Å². The molecule has 0 bridgehead atoms. The van der Waals surface area contributed by atoms with Gasteiger partial charge < -0.3 is 5.73 Å². The molecule has 0 rings (SSSR count). The highest BCUT2D eigenvalue weighted by molar-refractivity contribution is 4.80. The lowest BCUT2D eigenvalue weighted by Crippen LogP contribution is -2.36. The Morgan fingerprint density at radius 1 is 1.09 bits per heavy atom. The molecule has 0 saturated carbocycles. The van der Waals surface area contributed by atoms with Crippen LogP contribution in [0.5, 0.6) is 0 Å². The minimum Gasteiger partial charge on any atom is -0.326 e. The Kier molecular flexibility index (Phi) is 3.13. The van der Waals surface area contributed by atoms with E-state index in [1.807, 2.05) is 0 Å². The standard InChI is InChI=1S/C10H23N/c1-8(9(2,3)4)7-10(5,6)11/h8H,7,11H2,1-6H3. The third-order valence-electron chi connectivity index (χ3n) is 2.31. The van der Waals surface area contributed by atoms with Crippen LogP contribution in [0.4, 0.5) is 0 Å². The Morgan fingerprint density at radius 2 is 1.45 bits per heavy atom. The topological polar surface area (TPSA) is 26.0 Å². The molecule has 0 fully saturated rings. The summed E-state index contributed by atoms with van der Waals surface area (Å²) in [6.07, 6.45) is 1.09. The van der Waals surface area contributed by atoms with Crippen LogP contribution in [0.3, 0.4) is 0 Å². The zero-order chi connectivity index (χ0) is 9.28. The molecule has 0 spiro atoms. The number of hydrogen-bond donors (Lipinski definition) is 1. The molecular weight excluding hydrogens is 134 g/mol. The summed E-state index contributed by atoms with van der Waals surface area (Å²) in [5, 5.41) is 0. The van der Waals surface area contributed by atoms with Gasteiger partial charge in [-0.2, -0.15) is 0 Å². The average Bonchev–Trinajstić information content (AvgIpc) is 1.56. The third-order valence-corrected chi connectivity index (χ3v) is 2.31. The summed E-state index contributed by atoms with van der Waals surface area (Å²) < 4.78 is 0. The van der Waals surface area contributed by atoms with E-state index < -0.39 is 0 Å². The van der Waals surface area contributed by atoms with Gasteiger partial charge in [-0.25, -0.2) is 0 Å². The first-order valence-electron chi connectivity index (χ1n) is 4.42. The van der Waals surface area contributed by atoms with Crippen molar-refractivity contribution in [3.63, 3.8) is 0 Å². The average molecular weight is 157 g/mol. The van der Waals surface area contributed by atoms with Crippen molar-refractivity contribution >= 4 is 0 Å². The summed E-state index contributed by atoms with van der Waals surface area (Å²) in [7, 11) is 0. The first-order chi connectivity index (χ1) is 4.63. The van der Waals surface area contributed by atoms with Gasteiger partial charge in [-0.1, -0.05) is 27.7 Å². The maximum Gasteiger partial charge on any atom is 0.00997 e. The molecule has 0 aliphatic heterocycles. The van der Waals surface area contributed by atoms with E-state index in [4.69, 9.17) is 5.73 Å². The molecule has 1 unspecified atom stereocenters. The summed E-state index contributed by atoms with van der Waals surface area (Å²) in [5.74, 6) is 0.683. The van der Waals surface area contributed by atoms with Crippen LogP contribution < -0.4 is 5.73 Å². The van der Waals surface area contributed by atoms with E-state index in [0.717, 1.165) is 6.42 Å². The molecule has 1 heteroatoms. The van der Waals surface area contributed by atoms with Gasteiger partial charge in [0.05, 0.1) is 0 Å². The lowest BCUT2D eigenvalue weighted by molar-refractivity contribution is 0.210. The highest BCUT2D eigenvalue weighted by Gasteiger charge is 2.24. The molecule has 0 amide bonds. The van der Waals surface area contributed by atoms with E-state index in [2.05, 4.69) is 41.5 Å². The second-order valence-electron chi connectivity index (χ2n) is 5.46. The van der Waals surface area contributed by atoms with E-state index in [1.165, 1.54) is 0 Å². The fourth-order valence-electron chi connectivity index (χ4n) is 1.10. The lowest BCUT2D eigenvalue weighted by atomic mass is 9.76. The number of rotatable bonds is 2. The molecule has 1 nitrogen and oxygen atoms in total. The van der Waals surface area contributed by atoms with Crippen molar-refractivity contribution in [3.05, 3.63) is 0 Å². The normalized spacial score (nSPS) is 16.6. The van der Waals surface area contributed by atoms with Gasteiger partial charge in [0.2, 0.25) is 0 Å². The molecule has 0 aromatic rings. The number of hydrogen-bond acceptors (Lipinski definition) is 1. The second-order valence-corrected chi connectivity index (χ2v) is 5.46. The van der Waals surface area contributed by atoms with E-state index in [-0.39, 0.29) is 5.54 Å². The van der Waals surface area contributed by atoms with Gasteiger partial charge in [-0.05, 0) is 31.6 Å². The Balaban J connectivity index is 3.99. The van der Waals surface area contributed by atoms with Gasteiger partial charge in [0, 0.05) is 5.54 Å². The van der Waals surface area contributed by atoms with E-state index in [0.29, 0.717) is 11.3 Å². The van der Waals surface area contributed by atoms with E-state index in [1.54, 1.807) is 0 Å². The molecule has 0 aromatic heterocycles. The summed E-state index contributed by atoms with van der Waals surface area (Å²) in [6, 6.07) is 0. The smallest absolute Gasteiger partial charge is 0.00997 e. The number of nitrogens with two attached hydrogens (primary N) is 1. The molecule has 0 radical (unpaired) electrons. The van der Waals surface area contributed by atoms with Crippen LogP contribution in [0.1, 0.15) is 48.0 Å². The van der Waals surface area contributed by atoms with Crippen LogP contribution >= 0.6 is 0 Å². The molecule has 0 aliphatic carbocycles. The highest BCUT2D eigenvalue weighted by Crippen LogP contribution is 2.30. The lowest BCUT2D eigenvalue weighted by Gasteiger charge is -2.32. The summed E-state index contributed by atoms with van der Waals surface area (Å²) >= 11 is 0. The molecule has 0 aromatic carbocycles. The maximum atomic E-state index is 5.93. The molecule has 1 atom stereocenters. The first kappa shape index (κ1) is 11.0. The fraction of sp³-hybridized carbons (Fsp3) is 1.00. The molecule has 0 saturated heterocycles. The van der Waals surface area contributed by atoms with E-state index in [9.17, 15) is 0 Å². The Hall–Kier alpha value is -0.0400. The minimum absolute atomic E-state index is 0.0211. The van der Waals surface area contributed by atoms with Crippen molar-refractivity contribution in [1.82, 2.24) is 0 Å². The first-order valence-corrected chi connectivity index (χ1v) is 4.42. The van der Waals surface area contributed by atoms with Crippen molar-refractivity contribution in [2.45, 2.75) is 53.5 Å². The molecule has 2 N–H and O–H groups in total. The highest BCUT2D eigenvalue weighted by atomic mass is 14.7. The van der Waals surface area contributed by atoms with Crippen molar-refractivity contribution < 1.29 is 0 Å². The molecule has 11 heavy (non-hydrogen) atoms. The van der Waals surface area contributed by atoms with Gasteiger partial charge in [0.25, 0.3) is 0 Å². The summed E-state index contributed by atoms with van der Waals surface area (Å²) in [4.78, 5) is 0. The Bertz CT molecular complexity index is 114. The van der Waals surface area contributed by atoms with Crippen molar-refractivity contribution in [2.24, 2.45) is 17.1 Å². The fourth-order valence-corrected chi connectivity index (χ4v) is 1.10. The third kappa shape index (κ3) is 5.25. The minimum atomic E-state index is -0.0211. The predicted octanol–water partition coefficient (Wildman–Crippen LogP) is 2.80. The second kappa shape index (κ2) is 3.14. The Morgan fingerprint density at radius 3 is 1.55 bits per heavy atom. The van der Waals surface area contributed by atoms with Gasteiger partial charge >= 0.3 is 0 Å². The molecule has 68 valence electrons. The van der Waals surface area contributed by atoms with Crippen LogP contribution in [0.15, 0.2) is 0 Å². The maximum absolute atomic E-state index is 5.93. The van der Waals surface area contributed by atoms with E-state index >= 15 is 0 Å². The van der Waals surface area contributed by atoms with Crippen LogP contribution in [0.2, 0.25) is 0 Å². The summed E-state index contributed by atoms with van der Waals surface area (Å²) in [5.41, 5.74) is 6.30. The SMILES string of the molecule is CC(CC(C)(C)N)C(C)(C)C. The van der Waals surface area contributed by atoms with Gasteiger partial charge in [0.1, 0.15) is 0 Å². The van der Waals surface area contributed by atoms with Crippen LogP contribution in [-0.2, 0) is 0 Å². The van der Waals surface area contributed by atoms with Gasteiger partial charge in [-0.3, -0.25) is 0 Å². The van der Waals surface area contributed by atoms with Crippen LogP contribution in [0.25, 0.3) is 0 Å². The Labute approximate surface area is 71.4 Å². The zero-order valence-corrected chi connectivity index (χ0v) is 8.86. The van der Waals surface area contributed by atoms with Crippen molar-refractivity contribution in [1.29, 1.82) is 0 Å². The van der Waals surface area contributed by atoms with Crippen LogP contribution in [0, 0.1) is 11.3 Å². The molecule has 0 aliphatic rings. The monoisotopic (exact) mass is 157 g/mol. The van der Waals surface area contributed by atoms with Gasteiger partial charge in [-0.15, -0.1) is 0 Å². The van der Waals surface area contributed by atoms with Crippen molar-refractivity contribution in [2.75, 3.05) is 0 Å². The van der Waals surface area contributed by atoms with Gasteiger partial charge in [0.15, 0.2) is 0 Å². The van der Waals surface area contributed by atoms with Crippen molar-refractivity contribution in [3.8, 4) is 0 Å². The molecule has 0 heterocycles. The largest absolute Gasteiger partial charge is 0.326 e. The zero-order valence-electron chi connectivity index (χ0n) is 8.86. The molecular formula is C10H23N. The summed E-state index contributed by atoms with van der Waals surface area (Å²) in [6.45, 7) is 13.3.